The summed E-state index contributed by atoms with van der Waals surface area (Å²) < 4.78 is 1.16. The molecule has 1 aromatic heterocycles. The van der Waals surface area contributed by atoms with Gasteiger partial charge in [-0.1, -0.05) is 42.0 Å². The van der Waals surface area contributed by atoms with E-state index in [1.54, 1.807) is 6.92 Å². The number of hydrogen-bond donors (Lipinski definition) is 2. The number of aliphatic imine (C=N–C) groups is 1. The maximum absolute atomic E-state index is 12.3. The molecule has 2 N–H and O–H groups in total. The number of aromatic amines is 1. The SMILES string of the molecule is CC(=NCCC1=CCCCC1)c1c(O)n(Cc2ccccc2)c(=O)[nH]c1=O. The molecule has 1 aliphatic carbocycles. The highest BCUT2D eigenvalue weighted by atomic mass is 16.3. The molecular weight excluding hydrogens is 342 g/mol. The minimum atomic E-state index is -0.634. The van der Waals surface area contributed by atoms with Gasteiger partial charge in [0.25, 0.3) is 5.56 Å². The molecule has 0 saturated heterocycles. The van der Waals surface area contributed by atoms with E-state index in [1.165, 1.54) is 18.4 Å². The van der Waals surface area contributed by atoms with Gasteiger partial charge in [0.15, 0.2) is 0 Å². The lowest BCUT2D eigenvalue weighted by Crippen LogP contribution is -2.33. The van der Waals surface area contributed by atoms with Crippen LogP contribution in [0.1, 0.15) is 50.2 Å². The van der Waals surface area contributed by atoms with Crippen molar-refractivity contribution in [2.24, 2.45) is 4.99 Å². The Balaban J connectivity index is 1.84. The number of allylic oxidation sites excluding steroid dienone is 1. The van der Waals surface area contributed by atoms with E-state index in [4.69, 9.17) is 0 Å². The van der Waals surface area contributed by atoms with E-state index in [-0.39, 0.29) is 18.0 Å². The van der Waals surface area contributed by atoms with Crippen LogP contribution in [0.25, 0.3) is 0 Å². The van der Waals surface area contributed by atoms with Crippen molar-refractivity contribution in [2.75, 3.05) is 6.54 Å². The Labute approximate surface area is 157 Å². The molecule has 1 aromatic carbocycles. The second-order valence-electron chi connectivity index (χ2n) is 6.85. The Hall–Kier alpha value is -2.89. The van der Waals surface area contributed by atoms with Crippen LogP contribution < -0.4 is 11.2 Å². The first-order valence-corrected chi connectivity index (χ1v) is 9.35. The molecule has 0 aliphatic heterocycles. The van der Waals surface area contributed by atoms with Gasteiger partial charge in [-0.2, -0.15) is 0 Å². The molecule has 142 valence electrons. The number of nitrogens with one attached hydrogen (secondary N) is 1. The third kappa shape index (κ3) is 4.64. The van der Waals surface area contributed by atoms with Crippen molar-refractivity contribution >= 4 is 5.71 Å². The van der Waals surface area contributed by atoms with Crippen LogP contribution in [-0.4, -0.2) is 26.9 Å². The molecule has 0 unspecified atom stereocenters. The highest BCUT2D eigenvalue weighted by Crippen LogP contribution is 2.20. The summed E-state index contributed by atoms with van der Waals surface area (Å²) >= 11 is 0. The predicted molar refractivity (Wildman–Crippen MR) is 107 cm³/mol. The third-order valence-corrected chi connectivity index (χ3v) is 4.88. The lowest BCUT2D eigenvalue weighted by atomic mass is 9.97. The maximum Gasteiger partial charge on any atom is 0.331 e. The lowest BCUT2D eigenvalue weighted by Gasteiger charge is -2.13. The molecule has 0 amide bonds. The quantitative estimate of drug-likeness (QED) is 0.608. The highest BCUT2D eigenvalue weighted by Gasteiger charge is 2.17. The number of rotatable bonds is 6. The van der Waals surface area contributed by atoms with Gasteiger partial charge < -0.3 is 5.11 Å². The molecule has 27 heavy (non-hydrogen) atoms. The molecule has 2 aromatic rings. The summed E-state index contributed by atoms with van der Waals surface area (Å²) in [6.45, 7) is 2.43. The van der Waals surface area contributed by atoms with Crippen LogP contribution in [0.15, 0.2) is 56.6 Å². The first-order chi connectivity index (χ1) is 13.1. The van der Waals surface area contributed by atoms with Crippen LogP contribution >= 0.6 is 0 Å². The van der Waals surface area contributed by atoms with Gasteiger partial charge >= 0.3 is 5.69 Å². The van der Waals surface area contributed by atoms with E-state index in [1.807, 2.05) is 30.3 Å². The summed E-state index contributed by atoms with van der Waals surface area (Å²) in [5.41, 5.74) is 1.51. The van der Waals surface area contributed by atoms with Crippen molar-refractivity contribution in [3.05, 3.63) is 73.9 Å². The standard InChI is InChI=1S/C21H25N3O3/c1-15(22-13-12-16-8-4-2-5-9-16)18-19(25)23-21(27)24(20(18)26)14-17-10-6-3-7-11-17/h3,6-8,10-11,26H,2,4-5,9,12-14H2,1H3,(H,23,25,27). The molecule has 6 heteroatoms. The van der Waals surface area contributed by atoms with E-state index in [0.717, 1.165) is 29.4 Å². The minimum absolute atomic E-state index is 0.0585. The van der Waals surface area contributed by atoms with E-state index in [9.17, 15) is 14.7 Å². The molecule has 0 radical (unpaired) electrons. The normalized spacial score (nSPS) is 14.9. The topological polar surface area (TPSA) is 87.4 Å². The first-order valence-electron chi connectivity index (χ1n) is 9.35. The molecule has 6 nitrogen and oxygen atoms in total. The van der Waals surface area contributed by atoms with E-state index in [2.05, 4.69) is 16.1 Å². The van der Waals surface area contributed by atoms with Crippen LogP contribution in [0, 0.1) is 0 Å². The summed E-state index contributed by atoms with van der Waals surface area (Å²) in [5, 5.41) is 10.6. The smallest absolute Gasteiger partial charge is 0.331 e. The van der Waals surface area contributed by atoms with Crippen molar-refractivity contribution in [2.45, 2.75) is 45.6 Å². The second-order valence-corrected chi connectivity index (χ2v) is 6.85. The van der Waals surface area contributed by atoms with E-state index >= 15 is 0 Å². The summed E-state index contributed by atoms with van der Waals surface area (Å²) in [7, 11) is 0. The Morgan fingerprint density at radius 1 is 1.22 bits per heavy atom. The van der Waals surface area contributed by atoms with Crippen LogP contribution in [0.2, 0.25) is 0 Å². The van der Waals surface area contributed by atoms with E-state index in [0.29, 0.717) is 12.3 Å². The molecular formula is C21H25N3O3. The van der Waals surface area contributed by atoms with Crippen molar-refractivity contribution < 1.29 is 5.11 Å². The highest BCUT2D eigenvalue weighted by molar-refractivity contribution is 6.00. The Morgan fingerprint density at radius 2 is 2.00 bits per heavy atom. The monoisotopic (exact) mass is 367 g/mol. The zero-order chi connectivity index (χ0) is 19.2. The van der Waals surface area contributed by atoms with Crippen molar-refractivity contribution in [1.82, 2.24) is 9.55 Å². The molecule has 1 aliphatic rings. The molecule has 0 bridgehead atoms. The average Bonchev–Trinajstić information content (AvgIpc) is 2.67. The number of H-pyrrole nitrogens is 1. The zero-order valence-corrected chi connectivity index (χ0v) is 15.6. The molecule has 1 heterocycles. The van der Waals surface area contributed by atoms with Gasteiger partial charge in [0.1, 0.15) is 5.56 Å². The van der Waals surface area contributed by atoms with Crippen LogP contribution in [0.3, 0.4) is 0 Å². The van der Waals surface area contributed by atoms with Crippen molar-refractivity contribution in [3.63, 3.8) is 0 Å². The fourth-order valence-electron chi connectivity index (χ4n) is 3.38. The second kappa shape index (κ2) is 8.66. The molecule has 0 saturated carbocycles. The largest absolute Gasteiger partial charge is 0.494 e. The summed E-state index contributed by atoms with van der Waals surface area (Å²) in [5.74, 6) is -0.342. The third-order valence-electron chi connectivity index (χ3n) is 4.88. The summed E-state index contributed by atoms with van der Waals surface area (Å²) in [4.78, 5) is 31.2. The Kier molecular flexibility index (Phi) is 6.06. The number of aromatic hydroxyl groups is 1. The number of hydrogen-bond acceptors (Lipinski definition) is 4. The Morgan fingerprint density at radius 3 is 2.70 bits per heavy atom. The van der Waals surface area contributed by atoms with Crippen LogP contribution in [-0.2, 0) is 6.54 Å². The zero-order valence-electron chi connectivity index (χ0n) is 15.6. The predicted octanol–water partition coefficient (Wildman–Crippen LogP) is 2.99. The molecule has 0 atom stereocenters. The van der Waals surface area contributed by atoms with Crippen LogP contribution in [0.5, 0.6) is 5.88 Å². The lowest BCUT2D eigenvalue weighted by molar-refractivity contribution is 0.408. The fourth-order valence-corrected chi connectivity index (χ4v) is 3.38. The van der Waals surface area contributed by atoms with Gasteiger partial charge in [-0.3, -0.25) is 19.3 Å². The number of benzene rings is 1. The summed E-state index contributed by atoms with van der Waals surface area (Å²) in [6.07, 6.45) is 7.85. The average molecular weight is 367 g/mol. The minimum Gasteiger partial charge on any atom is -0.494 e. The first kappa shape index (κ1) is 18.9. The van der Waals surface area contributed by atoms with Crippen LogP contribution in [0.4, 0.5) is 0 Å². The van der Waals surface area contributed by atoms with E-state index < -0.39 is 11.2 Å². The fraction of sp³-hybridized carbons (Fsp3) is 0.381. The molecule has 3 rings (SSSR count). The van der Waals surface area contributed by atoms with Gasteiger partial charge in [0.05, 0.1) is 6.54 Å². The maximum atomic E-state index is 12.3. The van der Waals surface area contributed by atoms with Crippen molar-refractivity contribution in [3.8, 4) is 5.88 Å². The van der Waals surface area contributed by atoms with Gasteiger partial charge in [-0.15, -0.1) is 0 Å². The number of nitrogens with zero attached hydrogens (tertiary/aromatic N) is 2. The molecule has 0 spiro atoms. The van der Waals surface area contributed by atoms with Crippen molar-refractivity contribution in [1.29, 1.82) is 0 Å². The molecule has 0 fully saturated rings. The van der Waals surface area contributed by atoms with Gasteiger partial charge in [0, 0.05) is 12.3 Å². The van der Waals surface area contributed by atoms with Gasteiger partial charge in [0.2, 0.25) is 5.88 Å². The van der Waals surface area contributed by atoms with Gasteiger partial charge in [-0.05, 0) is 44.6 Å². The Bertz CT molecular complexity index is 968. The number of aromatic nitrogens is 2. The van der Waals surface area contributed by atoms with Gasteiger partial charge in [-0.25, -0.2) is 4.79 Å². The summed E-state index contributed by atoms with van der Waals surface area (Å²) in [6, 6.07) is 9.31.